The zero-order valence-electron chi connectivity index (χ0n) is 14.0. The van der Waals surface area contributed by atoms with Gasteiger partial charge in [0, 0.05) is 5.41 Å². The van der Waals surface area contributed by atoms with Gasteiger partial charge in [-0.15, -0.1) is 0 Å². The summed E-state index contributed by atoms with van der Waals surface area (Å²) in [4.78, 5) is 21.5. The normalized spacial score (nSPS) is 29.4. The Kier molecular flexibility index (Phi) is 4.45. The first-order valence-corrected chi connectivity index (χ1v) is 8.30. The molecule has 120 valence electrons. The molecule has 2 unspecified atom stereocenters. The van der Waals surface area contributed by atoms with Crippen molar-refractivity contribution in [3.63, 3.8) is 0 Å². The Morgan fingerprint density at radius 3 is 2.04 bits per heavy atom. The summed E-state index contributed by atoms with van der Waals surface area (Å²) in [5.41, 5.74) is 0.500. The Bertz CT molecular complexity index is 902. The fraction of sp³-hybridized carbons (Fsp3) is 0.471. The van der Waals surface area contributed by atoms with Crippen molar-refractivity contribution in [1.82, 2.24) is 9.97 Å². The summed E-state index contributed by atoms with van der Waals surface area (Å²) in [6, 6.07) is 3.32. The number of hydrogen-bond donors (Lipinski definition) is 0. The Morgan fingerprint density at radius 2 is 1.54 bits per heavy atom. The van der Waals surface area contributed by atoms with Gasteiger partial charge in [0.1, 0.15) is 0 Å². The van der Waals surface area contributed by atoms with Crippen LogP contribution in [0.3, 0.4) is 0 Å². The fourth-order valence-electron chi connectivity index (χ4n) is 4.55. The molecule has 0 radical (unpaired) electrons. The minimum Gasteiger partial charge on any atom is -0.549 e. The van der Waals surface area contributed by atoms with Crippen molar-refractivity contribution < 1.29 is 61.3 Å². The molecule has 2 aliphatic rings. The molecule has 1 aromatic heterocycles. The first kappa shape index (κ1) is 19.0. The van der Waals surface area contributed by atoms with E-state index >= 15 is 0 Å². The summed E-state index contributed by atoms with van der Waals surface area (Å²) in [5, 5.41) is 12.9. The van der Waals surface area contributed by atoms with E-state index in [4.69, 9.17) is 28.2 Å². The van der Waals surface area contributed by atoms with Crippen LogP contribution in [0, 0.1) is 5.41 Å². The first-order chi connectivity index (χ1) is 10.6. The van der Waals surface area contributed by atoms with E-state index in [0.29, 0.717) is 33.2 Å². The topological polar surface area (TPSA) is 65.9 Å². The van der Waals surface area contributed by atoms with Gasteiger partial charge in [0.2, 0.25) is 0 Å². The van der Waals surface area contributed by atoms with E-state index in [2.05, 4.69) is 11.9 Å². The molecule has 2 atom stereocenters. The van der Waals surface area contributed by atoms with E-state index in [1.807, 2.05) is 13.8 Å². The minimum absolute atomic E-state index is 0. The Labute approximate surface area is 192 Å². The molecule has 1 heterocycles. The number of aliphatic carboxylic acids is 1. The van der Waals surface area contributed by atoms with E-state index < -0.39 is 16.8 Å². The zero-order chi connectivity index (χ0) is 16.8. The van der Waals surface area contributed by atoms with E-state index in [0.717, 1.165) is 12.1 Å². The van der Waals surface area contributed by atoms with Crippen LogP contribution in [0.5, 0.6) is 0 Å². The van der Waals surface area contributed by atoms with E-state index in [9.17, 15) is 9.90 Å². The summed E-state index contributed by atoms with van der Waals surface area (Å²) in [5.74, 6) is -1.07. The number of fused-ring (bicyclic) bond motifs is 6. The molecule has 0 aliphatic heterocycles. The van der Waals surface area contributed by atoms with Gasteiger partial charge in [0.25, 0.3) is 0 Å². The largest absolute Gasteiger partial charge is 1.00 e. The van der Waals surface area contributed by atoms with Crippen molar-refractivity contribution in [3.8, 4) is 0 Å². The third-order valence-electron chi connectivity index (χ3n) is 6.43. The van der Waals surface area contributed by atoms with Gasteiger partial charge < -0.3 is 9.90 Å². The van der Waals surface area contributed by atoms with Gasteiger partial charge in [0.05, 0.1) is 43.9 Å². The van der Waals surface area contributed by atoms with Gasteiger partial charge in [-0.25, -0.2) is 9.97 Å². The van der Waals surface area contributed by atoms with Gasteiger partial charge in [-0.2, -0.15) is 0 Å². The molecular formula is C17H15Cl2KN2O2. The molecule has 7 heteroatoms. The molecule has 0 spiro atoms. The molecule has 4 nitrogen and oxygen atoms in total. The number of carbonyl (C=O) groups is 1. The molecule has 2 bridgehead atoms. The number of carbonyl (C=O) groups excluding carboxylic acids is 1. The third-order valence-corrected chi connectivity index (χ3v) is 7.15. The number of halogens is 2. The van der Waals surface area contributed by atoms with Crippen molar-refractivity contribution >= 4 is 40.2 Å². The number of rotatable bonds is 1. The number of benzene rings is 1. The van der Waals surface area contributed by atoms with Crippen LogP contribution in [0.1, 0.15) is 45.0 Å². The van der Waals surface area contributed by atoms with Crippen LogP contribution in [0.25, 0.3) is 11.0 Å². The molecule has 0 amide bonds. The molecule has 1 saturated carbocycles. The molecule has 4 rings (SSSR count). The fourth-order valence-corrected chi connectivity index (χ4v) is 4.87. The van der Waals surface area contributed by atoms with Gasteiger partial charge in [0.15, 0.2) is 0 Å². The summed E-state index contributed by atoms with van der Waals surface area (Å²) in [6.07, 6.45) is 1.27. The summed E-state index contributed by atoms with van der Waals surface area (Å²) in [6.45, 7) is 6.02. The standard InChI is InChI=1S/C17H16Cl2N2O2.K/c1-15(2)16(3)4-5-17(15,14(22)23)13-12(16)20-10-6-8(18)9(19)7-11(10)21-13;/h6-7H,4-5H2,1-3H3,(H,22,23);/q;+1/p-1. The molecule has 0 saturated heterocycles. The maximum absolute atomic E-state index is 12.1. The predicted octanol–water partition coefficient (Wildman–Crippen LogP) is 0.0196. The smallest absolute Gasteiger partial charge is 0.549 e. The monoisotopic (exact) mass is 388 g/mol. The number of hydrogen-bond acceptors (Lipinski definition) is 4. The minimum atomic E-state index is -1.11. The second-order valence-electron chi connectivity index (χ2n) is 7.33. The zero-order valence-corrected chi connectivity index (χ0v) is 18.7. The van der Waals surface area contributed by atoms with Gasteiger partial charge in [-0.3, -0.25) is 0 Å². The molecule has 1 fully saturated rings. The summed E-state index contributed by atoms with van der Waals surface area (Å²) in [7, 11) is 0. The van der Waals surface area contributed by atoms with Gasteiger partial charge in [-0.1, -0.05) is 44.0 Å². The van der Waals surface area contributed by atoms with Gasteiger partial charge >= 0.3 is 51.4 Å². The van der Waals surface area contributed by atoms with Crippen molar-refractivity contribution in [3.05, 3.63) is 33.6 Å². The van der Waals surface area contributed by atoms with Crippen molar-refractivity contribution in [1.29, 1.82) is 0 Å². The van der Waals surface area contributed by atoms with Crippen LogP contribution in [-0.4, -0.2) is 15.9 Å². The third kappa shape index (κ3) is 1.98. The molecule has 2 aliphatic carbocycles. The molecule has 1 aromatic carbocycles. The second-order valence-corrected chi connectivity index (χ2v) is 8.14. The van der Waals surface area contributed by atoms with Crippen LogP contribution in [0.2, 0.25) is 10.0 Å². The predicted molar refractivity (Wildman–Crippen MR) is 86.6 cm³/mol. The second kappa shape index (κ2) is 5.62. The maximum Gasteiger partial charge on any atom is 1.00 e. The molecular weight excluding hydrogens is 374 g/mol. The van der Waals surface area contributed by atoms with Crippen LogP contribution in [-0.2, 0) is 15.6 Å². The van der Waals surface area contributed by atoms with E-state index in [1.165, 1.54) is 0 Å². The quantitative estimate of drug-likeness (QED) is 0.645. The Balaban J connectivity index is 0.00000169. The summed E-state index contributed by atoms with van der Waals surface area (Å²) < 4.78 is 0. The number of carboxylic acids is 1. The molecule has 2 aromatic rings. The van der Waals surface area contributed by atoms with Crippen molar-refractivity contribution in [2.24, 2.45) is 5.41 Å². The average molecular weight is 389 g/mol. The average Bonchev–Trinajstić information content (AvgIpc) is 2.75. The molecule has 24 heavy (non-hydrogen) atoms. The van der Waals surface area contributed by atoms with Crippen molar-refractivity contribution in [2.45, 2.75) is 44.4 Å². The Morgan fingerprint density at radius 1 is 1.04 bits per heavy atom. The van der Waals surface area contributed by atoms with Crippen LogP contribution in [0.15, 0.2) is 12.1 Å². The number of carboxylic acid groups (broad SMARTS) is 1. The SMILES string of the molecule is CC12CCC(C(=O)[O-])(c3nc4cc(Cl)c(Cl)cc4nc31)C2(C)C.[K+]. The van der Waals surface area contributed by atoms with Crippen LogP contribution < -0.4 is 56.5 Å². The Hall–Kier alpha value is 0.246. The van der Waals surface area contributed by atoms with Gasteiger partial charge in [-0.05, 0) is 30.4 Å². The maximum atomic E-state index is 12.1. The van der Waals surface area contributed by atoms with Crippen molar-refractivity contribution in [2.75, 3.05) is 0 Å². The van der Waals surface area contributed by atoms with E-state index in [-0.39, 0.29) is 56.8 Å². The summed E-state index contributed by atoms with van der Waals surface area (Å²) >= 11 is 12.2. The number of nitrogens with zero attached hydrogens (tertiary/aromatic N) is 2. The molecule has 0 N–H and O–H groups in total. The number of aromatic nitrogens is 2. The van der Waals surface area contributed by atoms with Crippen LogP contribution in [0.4, 0.5) is 0 Å². The van der Waals surface area contributed by atoms with E-state index in [1.54, 1.807) is 12.1 Å². The first-order valence-electron chi connectivity index (χ1n) is 7.54. The van der Waals surface area contributed by atoms with Crippen LogP contribution >= 0.6 is 23.2 Å².